The van der Waals surface area contributed by atoms with E-state index in [1.807, 2.05) is 24.3 Å². The van der Waals surface area contributed by atoms with Gasteiger partial charge in [0.15, 0.2) is 5.78 Å². The third-order valence-corrected chi connectivity index (χ3v) is 4.48. The summed E-state index contributed by atoms with van der Waals surface area (Å²) in [6.45, 7) is 3.02. The fraction of sp³-hybridized carbons (Fsp3) is 0.278. The highest BCUT2D eigenvalue weighted by molar-refractivity contribution is 9.10. The van der Waals surface area contributed by atoms with Gasteiger partial charge in [0.1, 0.15) is 0 Å². The van der Waals surface area contributed by atoms with Crippen LogP contribution in [0.25, 0.3) is 0 Å². The van der Waals surface area contributed by atoms with Crippen molar-refractivity contribution in [2.45, 2.75) is 25.9 Å². The van der Waals surface area contributed by atoms with Gasteiger partial charge >= 0.3 is 0 Å². The summed E-state index contributed by atoms with van der Waals surface area (Å²) in [5.74, 6) is 0.235. The molecule has 2 nitrogen and oxygen atoms in total. The summed E-state index contributed by atoms with van der Waals surface area (Å²) in [6, 6.07) is 16.2. The van der Waals surface area contributed by atoms with Gasteiger partial charge in [-0.05, 0) is 36.2 Å². The summed E-state index contributed by atoms with van der Waals surface area (Å²) in [5, 5.41) is 0. The Hall–Kier alpha value is -1.45. The van der Waals surface area contributed by atoms with Gasteiger partial charge in [-0.15, -0.1) is 0 Å². The number of fused-ring (bicyclic) bond motifs is 1. The lowest BCUT2D eigenvalue weighted by molar-refractivity contribution is 0.0974. The number of benzene rings is 2. The highest BCUT2D eigenvalue weighted by atomic mass is 79.9. The molecule has 2 aromatic rings. The molecule has 0 unspecified atom stereocenters. The van der Waals surface area contributed by atoms with Crippen LogP contribution in [0.5, 0.6) is 0 Å². The van der Waals surface area contributed by atoms with Crippen LogP contribution in [0.15, 0.2) is 53.0 Å². The lowest BCUT2D eigenvalue weighted by atomic mass is 10.1. The van der Waals surface area contributed by atoms with Crippen LogP contribution in [0.3, 0.4) is 0 Å². The average Bonchev–Trinajstić information content (AvgIpc) is 2.90. The number of hydrogen-bond donors (Lipinski definition) is 0. The predicted molar refractivity (Wildman–Crippen MR) is 88.3 cm³/mol. The van der Waals surface area contributed by atoms with Gasteiger partial charge in [-0.3, -0.25) is 9.69 Å². The van der Waals surface area contributed by atoms with Crippen LogP contribution >= 0.6 is 15.9 Å². The van der Waals surface area contributed by atoms with Gasteiger partial charge in [-0.1, -0.05) is 52.3 Å². The first-order chi connectivity index (χ1) is 10.2. The molecule has 1 aliphatic heterocycles. The van der Waals surface area contributed by atoms with Gasteiger partial charge in [0.2, 0.25) is 0 Å². The van der Waals surface area contributed by atoms with Crippen molar-refractivity contribution in [2.75, 3.05) is 6.54 Å². The maximum Gasteiger partial charge on any atom is 0.162 e. The zero-order chi connectivity index (χ0) is 14.7. The summed E-state index contributed by atoms with van der Waals surface area (Å²) in [4.78, 5) is 14.5. The fourth-order valence-corrected chi connectivity index (χ4v) is 3.07. The SMILES string of the molecule is O=C(CCCN1Cc2ccccc2C1)c1ccc(Br)cc1. The molecule has 0 saturated heterocycles. The Labute approximate surface area is 133 Å². The van der Waals surface area contributed by atoms with E-state index in [0.29, 0.717) is 6.42 Å². The summed E-state index contributed by atoms with van der Waals surface area (Å²) in [5.41, 5.74) is 3.66. The predicted octanol–water partition coefficient (Wildman–Crippen LogP) is 4.43. The quantitative estimate of drug-likeness (QED) is 0.748. The molecule has 0 radical (unpaired) electrons. The number of halogens is 1. The second-order valence-electron chi connectivity index (χ2n) is 5.51. The van der Waals surface area contributed by atoms with Crippen molar-refractivity contribution < 1.29 is 4.79 Å². The summed E-state index contributed by atoms with van der Waals surface area (Å²) < 4.78 is 1.01. The van der Waals surface area contributed by atoms with Gasteiger partial charge in [0.05, 0.1) is 0 Å². The lowest BCUT2D eigenvalue weighted by Gasteiger charge is -2.14. The largest absolute Gasteiger partial charge is 0.295 e. The summed E-state index contributed by atoms with van der Waals surface area (Å²) in [7, 11) is 0. The van der Waals surface area contributed by atoms with Gasteiger partial charge in [-0.25, -0.2) is 0 Å². The maximum absolute atomic E-state index is 12.1. The molecule has 1 aliphatic rings. The summed E-state index contributed by atoms with van der Waals surface area (Å²) in [6.07, 6.45) is 1.54. The molecule has 0 saturated carbocycles. The molecule has 0 aromatic heterocycles. The molecule has 0 N–H and O–H groups in total. The molecule has 1 heterocycles. The highest BCUT2D eigenvalue weighted by Crippen LogP contribution is 2.22. The molecular formula is C18H18BrNO. The highest BCUT2D eigenvalue weighted by Gasteiger charge is 2.17. The van der Waals surface area contributed by atoms with E-state index in [-0.39, 0.29) is 5.78 Å². The van der Waals surface area contributed by atoms with Crippen LogP contribution in [0.2, 0.25) is 0 Å². The Morgan fingerprint density at radius 1 is 1.00 bits per heavy atom. The van der Waals surface area contributed by atoms with E-state index < -0.39 is 0 Å². The van der Waals surface area contributed by atoms with E-state index >= 15 is 0 Å². The fourth-order valence-electron chi connectivity index (χ4n) is 2.81. The second-order valence-corrected chi connectivity index (χ2v) is 6.43. The van der Waals surface area contributed by atoms with Crippen LogP contribution < -0.4 is 0 Å². The second kappa shape index (κ2) is 6.54. The topological polar surface area (TPSA) is 20.3 Å². The number of ketones is 1. The zero-order valence-corrected chi connectivity index (χ0v) is 13.5. The number of rotatable bonds is 5. The van der Waals surface area contributed by atoms with Crippen molar-refractivity contribution >= 4 is 21.7 Å². The molecule has 0 atom stereocenters. The lowest BCUT2D eigenvalue weighted by Crippen LogP contribution is -2.18. The van der Waals surface area contributed by atoms with Crippen molar-refractivity contribution in [1.29, 1.82) is 0 Å². The number of carbonyl (C=O) groups excluding carboxylic acids is 1. The molecule has 108 valence electrons. The van der Waals surface area contributed by atoms with E-state index in [0.717, 1.165) is 36.1 Å². The summed E-state index contributed by atoms with van der Waals surface area (Å²) >= 11 is 3.39. The van der Waals surface area contributed by atoms with Crippen LogP contribution in [0, 0.1) is 0 Å². The molecule has 0 aliphatic carbocycles. The van der Waals surface area contributed by atoms with Crippen LogP contribution in [0.4, 0.5) is 0 Å². The van der Waals surface area contributed by atoms with Crippen LogP contribution in [0.1, 0.15) is 34.3 Å². The first-order valence-corrected chi connectivity index (χ1v) is 8.09. The minimum atomic E-state index is 0.235. The number of carbonyl (C=O) groups is 1. The van der Waals surface area contributed by atoms with Gasteiger partial charge in [0, 0.05) is 29.5 Å². The van der Waals surface area contributed by atoms with E-state index in [1.54, 1.807) is 0 Å². The first-order valence-electron chi connectivity index (χ1n) is 7.30. The Morgan fingerprint density at radius 2 is 1.62 bits per heavy atom. The van der Waals surface area contributed by atoms with Crippen molar-refractivity contribution in [3.63, 3.8) is 0 Å². The molecular weight excluding hydrogens is 326 g/mol. The van der Waals surface area contributed by atoms with Crippen molar-refractivity contribution in [3.8, 4) is 0 Å². The third-order valence-electron chi connectivity index (χ3n) is 3.95. The van der Waals surface area contributed by atoms with E-state index in [4.69, 9.17) is 0 Å². The van der Waals surface area contributed by atoms with Crippen LogP contribution in [-0.4, -0.2) is 17.2 Å². The molecule has 3 rings (SSSR count). The molecule has 21 heavy (non-hydrogen) atoms. The zero-order valence-electron chi connectivity index (χ0n) is 11.9. The monoisotopic (exact) mass is 343 g/mol. The molecule has 0 amide bonds. The van der Waals surface area contributed by atoms with E-state index in [2.05, 4.69) is 45.1 Å². The number of nitrogens with zero attached hydrogens (tertiary/aromatic N) is 1. The molecule has 2 aromatic carbocycles. The Balaban J connectivity index is 1.47. The van der Waals surface area contributed by atoms with Crippen molar-refractivity contribution in [1.82, 2.24) is 4.90 Å². The Morgan fingerprint density at radius 3 is 2.24 bits per heavy atom. The minimum Gasteiger partial charge on any atom is -0.295 e. The standard InChI is InChI=1S/C18H18BrNO/c19-17-9-7-14(8-10-17)18(21)6-3-11-20-12-15-4-1-2-5-16(15)13-20/h1-2,4-5,7-10H,3,6,11-13H2. The molecule has 0 bridgehead atoms. The molecule has 0 fully saturated rings. The number of Topliss-reactive ketones (excluding diaryl/α,β-unsaturated/α-hetero) is 1. The van der Waals surface area contributed by atoms with E-state index in [1.165, 1.54) is 11.1 Å². The van der Waals surface area contributed by atoms with E-state index in [9.17, 15) is 4.79 Å². The third kappa shape index (κ3) is 3.60. The van der Waals surface area contributed by atoms with Crippen molar-refractivity contribution in [2.24, 2.45) is 0 Å². The van der Waals surface area contributed by atoms with Gasteiger partial charge in [-0.2, -0.15) is 0 Å². The Bertz CT molecular complexity index is 611. The van der Waals surface area contributed by atoms with Crippen molar-refractivity contribution in [3.05, 3.63) is 69.7 Å². The van der Waals surface area contributed by atoms with Gasteiger partial charge < -0.3 is 0 Å². The maximum atomic E-state index is 12.1. The first kappa shape index (κ1) is 14.5. The Kier molecular flexibility index (Phi) is 4.51. The minimum absolute atomic E-state index is 0.235. The molecule has 3 heteroatoms. The van der Waals surface area contributed by atoms with Gasteiger partial charge in [0.25, 0.3) is 0 Å². The smallest absolute Gasteiger partial charge is 0.162 e. The average molecular weight is 344 g/mol. The normalized spacial score (nSPS) is 14.1. The molecule has 0 spiro atoms. The van der Waals surface area contributed by atoms with Crippen LogP contribution in [-0.2, 0) is 13.1 Å². The number of hydrogen-bond acceptors (Lipinski definition) is 2.